The Hall–Kier alpha value is -3.40. The van der Waals surface area contributed by atoms with Crippen LogP contribution < -0.4 is 11.1 Å². The van der Waals surface area contributed by atoms with Gasteiger partial charge in [-0.2, -0.15) is 5.10 Å². The van der Waals surface area contributed by atoms with Crippen molar-refractivity contribution in [3.05, 3.63) is 66.0 Å². The number of amidine groups is 1. The third kappa shape index (κ3) is 4.43. The number of fused-ring (bicyclic) bond motifs is 1. The van der Waals surface area contributed by atoms with Crippen molar-refractivity contribution in [1.82, 2.24) is 20.0 Å². The SMILES string of the molecule is Nc1cc(CCCNC(=O)C2=CN3CCS(=O)(=O)N=C3C=C2)nn1-c1ccccc1. The molecular formula is C20H22N6O3S. The summed E-state index contributed by atoms with van der Waals surface area (Å²) in [6.07, 6.45) is 6.14. The van der Waals surface area contributed by atoms with Crippen molar-refractivity contribution >= 4 is 27.6 Å². The second kappa shape index (κ2) is 8.15. The van der Waals surface area contributed by atoms with Crippen molar-refractivity contribution in [2.24, 2.45) is 4.40 Å². The molecule has 0 bridgehead atoms. The highest BCUT2D eigenvalue weighted by Crippen LogP contribution is 2.17. The number of hydrogen-bond donors (Lipinski definition) is 2. The number of anilines is 1. The van der Waals surface area contributed by atoms with E-state index in [0.717, 1.165) is 11.4 Å². The Bertz CT molecular complexity index is 1150. The molecule has 2 aliphatic rings. The number of benzene rings is 1. The Morgan fingerprint density at radius 1 is 1.20 bits per heavy atom. The molecule has 2 aliphatic heterocycles. The summed E-state index contributed by atoms with van der Waals surface area (Å²) >= 11 is 0. The molecule has 156 valence electrons. The molecule has 3 heterocycles. The van der Waals surface area contributed by atoms with Gasteiger partial charge in [-0.3, -0.25) is 4.79 Å². The number of carbonyl (C=O) groups is 1. The second-order valence-electron chi connectivity index (χ2n) is 7.01. The highest BCUT2D eigenvalue weighted by Gasteiger charge is 2.24. The smallest absolute Gasteiger partial charge is 0.256 e. The highest BCUT2D eigenvalue weighted by molar-refractivity contribution is 7.90. The number of rotatable bonds is 6. The number of nitrogens with one attached hydrogen (secondary N) is 1. The van der Waals surface area contributed by atoms with Crippen LogP contribution in [0.25, 0.3) is 5.69 Å². The molecule has 0 saturated carbocycles. The van der Waals surface area contributed by atoms with Gasteiger partial charge in [0.2, 0.25) is 0 Å². The van der Waals surface area contributed by atoms with E-state index in [1.807, 2.05) is 36.4 Å². The molecule has 0 unspecified atom stereocenters. The summed E-state index contributed by atoms with van der Waals surface area (Å²) in [4.78, 5) is 14.1. The van der Waals surface area contributed by atoms with E-state index >= 15 is 0 Å². The topological polar surface area (TPSA) is 123 Å². The molecular weight excluding hydrogens is 404 g/mol. The van der Waals surface area contributed by atoms with Gasteiger partial charge in [0.1, 0.15) is 11.7 Å². The maximum Gasteiger partial charge on any atom is 0.256 e. The van der Waals surface area contributed by atoms with Gasteiger partial charge in [0.05, 0.1) is 22.7 Å². The molecule has 10 heteroatoms. The minimum Gasteiger partial charge on any atom is -0.384 e. The molecule has 0 radical (unpaired) electrons. The summed E-state index contributed by atoms with van der Waals surface area (Å²) in [7, 11) is -3.41. The van der Waals surface area contributed by atoms with Crippen molar-refractivity contribution in [3.63, 3.8) is 0 Å². The number of para-hydroxylation sites is 1. The van der Waals surface area contributed by atoms with Gasteiger partial charge in [-0.15, -0.1) is 4.40 Å². The van der Waals surface area contributed by atoms with Crippen LogP contribution >= 0.6 is 0 Å². The maximum atomic E-state index is 12.4. The van der Waals surface area contributed by atoms with Gasteiger partial charge in [-0.05, 0) is 37.1 Å². The lowest BCUT2D eigenvalue weighted by Gasteiger charge is -2.26. The number of hydrogen-bond acceptors (Lipinski definition) is 6. The minimum absolute atomic E-state index is 0.0610. The van der Waals surface area contributed by atoms with E-state index in [1.54, 1.807) is 27.9 Å². The van der Waals surface area contributed by atoms with E-state index in [2.05, 4.69) is 14.8 Å². The van der Waals surface area contributed by atoms with Gasteiger partial charge in [0.15, 0.2) is 0 Å². The second-order valence-corrected chi connectivity index (χ2v) is 8.77. The van der Waals surface area contributed by atoms with Crippen molar-refractivity contribution < 1.29 is 13.2 Å². The van der Waals surface area contributed by atoms with Crippen LogP contribution in [0.3, 0.4) is 0 Å². The summed E-state index contributed by atoms with van der Waals surface area (Å²) in [5, 5.41) is 7.41. The van der Waals surface area contributed by atoms with Crippen LogP contribution in [-0.4, -0.2) is 53.7 Å². The molecule has 0 atom stereocenters. The van der Waals surface area contributed by atoms with Gasteiger partial charge in [-0.1, -0.05) is 18.2 Å². The molecule has 0 spiro atoms. The molecule has 1 amide bonds. The number of sulfonamides is 1. The third-order valence-electron chi connectivity index (χ3n) is 4.77. The predicted octanol–water partition coefficient (Wildman–Crippen LogP) is 1.00. The number of amides is 1. The molecule has 30 heavy (non-hydrogen) atoms. The monoisotopic (exact) mass is 426 g/mol. The standard InChI is InChI=1S/C20H22N6O3S/c21-18-13-16(23-26(18)17-6-2-1-3-7-17)5-4-10-22-20(27)15-8-9-19-24-30(28,29)12-11-25(19)14-15/h1-3,6-9,13-14H,4-5,10-12,21H2,(H,22,27). The number of aryl methyl sites for hydroxylation is 1. The first kappa shape index (κ1) is 19.9. The van der Waals surface area contributed by atoms with Crippen LogP contribution in [0.2, 0.25) is 0 Å². The van der Waals surface area contributed by atoms with E-state index < -0.39 is 10.0 Å². The van der Waals surface area contributed by atoms with Crippen molar-refractivity contribution in [2.45, 2.75) is 12.8 Å². The predicted molar refractivity (Wildman–Crippen MR) is 114 cm³/mol. The Morgan fingerprint density at radius 2 is 2.00 bits per heavy atom. The number of carbonyl (C=O) groups excluding carboxylic acids is 1. The first-order valence-electron chi connectivity index (χ1n) is 9.58. The maximum absolute atomic E-state index is 12.4. The van der Waals surface area contributed by atoms with Crippen LogP contribution in [0.5, 0.6) is 0 Å². The molecule has 0 fully saturated rings. The zero-order valence-corrected chi connectivity index (χ0v) is 17.0. The average molecular weight is 427 g/mol. The van der Waals surface area contributed by atoms with Gasteiger partial charge in [0.25, 0.3) is 15.9 Å². The largest absolute Gasteiger partial charge is 0.384 e. The van der Waals surface area contributed by atoms with Crippen LogP contribution in [0.15, 0.2) is 64.7 Å². The fourth-order valence-corrected chi connectivity index (χ4v) is 4.22. The summed E-state index contributed by atoms with van der Waals surface area (Å²) in [6, 6.07) is 11.5. The average Bonchev–Trinajstić information content (AvgIpc) is 3.11. The molecule has 0 saturated heterocycles. The first-order valence-corrected chi connectivity index (χ1v) is 11.2. The summed E-state index contributed by atoms with van der Waals surface area (Å²) < 4.78 is 28.5. The Morgan fingerprint density at radius 3 is 2.80 bits per heavy atom. The minimum atomic E-state index is -3.41. The molecule has 0 aliphatic carbocycles. The van der Waals surface area contributed by atoms with Gasteiger partial charge in [0, 0.05) is 25.4 Å². The van der Waals surface area contributed by atoms with E-state index in [-0.39, 0.29) is 18.2 Å². The first-order chi connectivity index (χ1) is 14.4. The zero-order valence-electron chi connectivity index (χ0n) is 16.2. The molecule has 1 aromatic heterocycles. The van der Waals surface area contributed by atoms with Gasteiger partial charge in [-0.25, -0.2) is 13.1 Å². The fourth-order valence-electron chi connectivity index (χ4n) is 3.25. The molecule has 1 aromatic carbocycles. The number of aromatic nitrogens is 2. The van der Waals surface area contributed by atoms with E-state index in [0.29, 0.717) is 36.6 Å². The van der Waals surface area contributed by atoms with Gasteiger partial charge >= 0.3 is 0 Å². The zero-order chi connectivity index (χ0) is 21.1. The fraction of sp³-hybridized carbons (Fsp3) is 0.250. The van der Waals surface area contributed by atoms with E-state index in [9.17, 15) is 13.2 Å². The lowest BCUT2D eigenvalue weighted by Crippen LogP contribution is -2.38. The lowest BCUT2D eigenvalue weighted by atomic mass is 10.1. The molecule has 4 rings (SSSR count). The van der Waals surface area contributed by atoms with Crippen LogP contribution in [0.4, 0.5) is 5.82 Å². The van der Waals surface area contributed by atoms with Crippen LogP contribution in [0, 0.1) is 0 Å². The van der Waals surface area contributed by atoms with E-state index in [4.69, 9.17) is 5.73 Å². The molecule has 3 N–H and O–H groups in total. The number of nitrogens with zero attached hydrogens (tertiary/aromatic N) is 4. The van der Waals surface area contributed by atoms with Crippen molar-refractivity contribution in [2.75, 3.05) is 24.6 Å². The van der Waals surface area contributed by atoms with E-state index in [1.165, 1.54) is 0 Å². The van der Waals surface area contributed by atoms with Crippen molar-refractivity contribution in [1.29, 1.82) is 0 Å². The lowest BCUT2D eigenvalue weighted by molar-refractivity contribution is -0.117. The quantitative estimate of drug-likeness (QED) is 0.665. The van der Waals surface area contributed by atoms with Gasteiger partial charge < -0.3 is 16.0 Å². The van der Waals surface area contributed by atoms with Crippen molar-refractivity contribution in [3.8, 4) is 5.69 Å². The normalized spacial score (nSPS) is 17.1. The summed E-state index contributed by atoms with van der Waals surface area (Å²) in [6.45, 7) is 0.769. The summed E-state index contributed by atoms with van der Waals surface area (Å²) in [5.41, 5.74) is 8.28. The Kier molecular flexibility index (Phi) is 5.40. The number of nitrogens with two attached hydrogens (primary N) is 1. The Balaban J connectivity index is 1.29. The highest BCUT2D eigenvalue weighted by atomic mass is 32.2. The van der Waals surface area contributed by atoms with Crippen LogP contribution in [0.1, 0.15) is 12.1 Å². The number of nitrogen functional groups attached to an aromatic ring is 1. The molecule has 9 nitrogen and oxygen atoms in total. The third-order valence-corrected chi connectivity index (χ3v) is 5.93. The summed E-state index contributed by atoms with van der Waals surface area (Å²) in [5.74, 6) is 0.630. The molecule has 2 aromatic rings. The Labute approximate surface area is 174 Å². The van der Waals surface area contributed by atoms with Crippen LogP contribution in [-0.2, 0) is 21.2 Å².